The van der Waals surface area contributed by atoms with E-state index in [4.69, 9.17) is 9.52 Å². The predicted molar refractivity (Wildman–Crippen MR) is 71.5 cm³/mol. The van der Waals surface area contributed by atoms with E-state index < -0.39 is 6.09 Å². The van der Waals surface area contributed by atoms with Gasteiger partial charge in [0.1, 0.15) is 17.2 Å². The number of hydrogen-bond donors (Lipinski definition) is 1. The second-order valence-corrected chi connectivity index (χ2v) is 5.12. The molecule has 0 saturated heterocycles. The van der Waals surface area contributed by atoms with Crippen LogP contribution in [0.15, 0.2) is 21.2 Å². The smallest absolute Gasteiger partial charge is 0.407 e. The molecule has 2 aromatic rings. The summed E-state index contributed by atoms with van der Waals surface area (Å²) in [6.45, 7) is 0.958. The highest BCUT2D eigenvalue weighted by molar-refractivity contribution is 9.10. The fourth-order valence-corrected chi connectivity index (χ4v) is 2.60. The minimum Gasteiger partial charge on any atom is -0.465 e. The fraction of sp³-hybridized carbons (Fsp3) is 0.250. The zero-order valence-corrected chi connectivity index (χ0v) is 11.8. The molecule has 0 atom stereocenters. The topological polar surface area (TPSA) is 88.6 Å². The van der Waals surface area contributed by atoms with Crippen LogP contribution in [0.5, 0.6) is 0 Å². The molecule has 3 rings (SSSR count). The number of fused-ring (bicyclic) bond motifs is 1. The van der Waals surface area contributed by atoms with Gasteiger partial charge >= 0.3 is 6.09 Å². The van der Waals surface area contributed by atoms with E-state index in [0.29, 0.717) is 41.3 Å². The zero-order chi connectivity index (χ0) is 14.3. The molecule has 1 amide bonds. The van der Waals surface area contributed by atoms with E-state index in [9.17, 15) is 9.59 Å². The van der Waals surface area contributed by atoms with Crippen LogP contribution in [0.25, 0.3) is 11.5 Å². The molecule has 1 aliphatic rings. The van der Waals surface area contributed by atoms with Crippen molar-refractivity contribution >= 4 is 28.3 Å². The highest BCUT2D eigenvalue weighted by atomic mass is 79.9. The molecule has 7 nitrogen and oxygen atoms in total. The first-order valence-electron chi connectivity index (χ1n) is 5.88. The molecule has 20 heavy (non-hydrogen) atoms. The maximum absolute atomic E-state index is 11.2. The van der Waals surface area contributed by atoms with Crippen LogP contribution in [0.2, 0.25) is 0 Å². The summed E-state index contributed by atoms with van der Waals surface area (Å²) in [6, 6.07) is 3.47. The highest BCUT2D eigenvalue weighted by Gasteiger charge is 2.27. The van der Waals surface area contributed by atoms with Crippen LogP contribution < -0.4 is 0 Å². The van der Waals surface area contributed by atoms with E-state index in [1.807, 2.05) is 4.57 Å². The van der Waals surface area contributed by atoms with Crippen LogP contribution in [-0.2, 0) is 13.1 Å². The quantitative estimate of drug-likeness (QED) is 0.847. The second kappa shape index (κ2) is 4.78. The lowest BCUT2D eigenvalue weighted by atomic mass is 10.2. The Bertz CT molecular complexity index is 691. The first-order valence-corrected chi connectivity index (χ1v) is 6.67. The van der Waals surface area contributed by atoms with Gasteiger partial charge in [0.05, 0.1) is 6.54 Å². The van der Waals surface area contributed by atoms with Crippen LogP contribution in [0.4, 0.5) is 4.79 Å². The van der Waals surface area contributed by atoms with Gasteiger partial charge in [-0.3, -0.25) is 9.69 Å². The second-order valence-electron chi connectivity index (χ2n) is 4.34. The van der Waals surface area contributed by atoms with Crippen LogP contribution in [0, 0.1) is 0 Å². The van der Waals surface area contributed by atoms with E-state index >= 15 is 0 Å². The predicted octanol–water partition coefficient (Wildman–Crippen LogP) is 2.21. The van der Waals surface area contributed by atoms with Crippen LogP contribution in [0.1, 0.15) is 16.3 Å². The van der Waals surface area contributed by atoms with Gasteiger partial charge in [-0.15, -0.1) is 0 Å². The van der Waals surface area contributed by atoms with Crippen molar-refractivity contribution < 1.29 is 19.1 Å². The standard InChI is InChI=1S/C12H10BrN3O4/c13-9-2-1-8(20-9)11-7(6-17)14-10-5-15(12(18)19)3-4-16(10)11/h1-2,6H,3-5H2,(H,18,19). The number of furan rings is 1. The van der Waals surface area contributed by atoms with Gasteiger partial charge in [0.2, 0.25) is 0 Å². The van der Waals surface area contributed by atoms with Gasteiger partial charge in [-0.25, -0.2) is 9.78 Å². The lowest BCUT2D eigenvalue weighted by Gasteiger charge is -2.25. The molecule has 3 heterocycles. The summed E-state index contributed by atoms with van der Waals surface area (Å²) in [5.41, 5.74) is 0.847. The summed E-state index contributed by atoms with van der Waals surface area (Å²) in [7, 11) is 0. The molecule has 0 aliphatic carbocycles. The number of aldehydes is 1. The third-order valence-electron chi connectivity index (χ3n) is 3.19. The zero-order valence-electron chi connectivity index (χ0n) is 10.2. The van der Waals surface area contributed by atoms with Gasteiger partial charge in [0.15, 0.2) is 16.7 Å². The first-order chi connectivity index (χ1) is 9.60. The SMILES string of the molecule is O=Cc1nc2n(c1-c1ccc(Br)o1)CCN(C(=O)O)C2. The lowest BCUT2D eigenvalue weighted by molar-refractivity contribution is 0.111. The van der Waals surface area contributed by atoms with Crippen molar-refractivity contribution in [1.29, 1.82) is 0 Å². The molecule has 0 saturated carbocycles. The Labute approximate surface area is 121 Å². The maximum Gasteiger partial charge on any atom is 0.407 e. The van der Waals surface area contributed by atoms with Gasteiger partial charge in [0.25, 0.3) is 0 Å². The van der Waals surface area contributed by atoms with Crippen molar-refractivity contribution in [2.75, 3.05) is 6.54 Å². The van der Waals surface area contributed by atoms with Crippen molar-refractivity contribution in [1.82, 2.24) is 14.5 Å². The summed E-state index contributed by atoms with van der Waals surface area (Å²) in [5, 5.41) is 9.01. The third-order valence-corrected chi connectivity index (χ3v) is 3.61. The number of amides is 1. The Kier molecular flexibility index (Phi) is 3.09. The van der Waals surface area contributed by atoms with E-state index in [-0.39, 0.29) is 12.2 Å². The highest BCUT2D eigenvalue weighted by Crippen LogP contribution is 2.30. The Morgan fingerprint density at radius 2 is 2.25 bits per heavy atom. The van der Waals surface area contributed by atoms with Crippen molar-refractivity contribution in [3.05, 3.63) is 28.3 Å². The molecule has 8 heteroatoms. The normalized spacial score (nSPS) is 14.2. The Morgan fingerprint density at radius 1 is 1.45 bits per heavy atom. The molecular weight excluding hydrogens is 330 g/mol. The number of carbonyl (C=O) groups excluding carboxylic acids is 1. The summed E-state index contributed by atoms with van der Waals surface area (Å²) in [4.78, 5) is 27.6. The van der Waals surface area contributed by atoms with Crippen molar-refractivity contribution in [2.45, 2.75) is 13.1 Å². The fourth-order valence-electron chi connectivity index (χ4n) is 2.30. The number of imidazole rings is 1. The molecule has 0 spiro atoms. The number of carboxylic acid groups (broad SMARTS) is 1. The summed E-state index contributed by atoms with van der Waals surface area (Å²) < 4.78 is 7.86. The van der Waals surface area contributed by atoms with E-state index in [1.165, 1.54) is 4.90 Å². The molecule has 2 aromatic heterocycles. The Balaban J connectivity index is 2.08. The third kappa shape index (κ3) is 2.01. The number of halogens is 1. The summed E-state index contributed by atoms with van der Waals surface area (Å²) >= 11 is 3.22. The van der Waals surface area contributed by atoms with Gasteiger partial charge in [-0.05, 0) is 28.1 Å². The van der Waals surface area contributed by atoms with Gasteiger partial charge < -0.3 is 14.1 Å². The number of hydrogen-bond acceptors (Lipinski definition) is 4. The van der Waals surface area contributed by atoms with Gasteiger partial charge in [0, 0.05) is 13.1 Å². The molecule has 104 valence electrons. The number of rotatable bonds is 2. The van der Waals surface area contributed by atoms with Gasteiger partial charge in [-0.1, -0.05) is 0 Å². The van der Waals surface area contributed by atoms with E-state index in [2.05, 4.69) is 20.9 Å². The largest absolute Gasteiger partial charge is 0.465 e. The molecule has 1 N–H and O–H groups in total. The Hall–Kier alpha value is -2.09. The van der Waals surface area contributed by atoms with Gasteiger partial charge in [-0.2, -0.15) is 0 Å². The average molecular weight is 340 g/mol. The lowest BCUT2D eigenvalue weighted by Crippen LogP contribution is -2.37. The molecule has 1 aliphatic heterocycles. The summed E-state index contributed by atoms with van der Waals surface area (Å²) in [5.74, 6) is 1.07. The van der Waals surface area contributed by atoms with E-state index in [1.54, 1.807) is 12.1 Å². The maximum atomic E-state index is 11.2. The van der Waals surface area contributed by atoms with Crippen molar-refractivity contribution in [2.24, 2.45) is 0 Å². The molecule has 0 bridgehead atoms. The minimum atomic E-state index is -0.991. The van der Waals surface area contributed by atoms with Crippen LogP contribution in [0.3, 0.4) is 0 Å². The Morgan fingerprint density at radius 3 is 2.85 bits per heavy atom. The average Bonchev–Trinajstić information content (AvgIpc) is 3.00. The van der Waals surface area contributed by atoms with E-state index in [0.717, 1.165) is 0 Å². The van der Waals surface area contributed by atoms with Crippen molar-refractivity contribution in [3.63, 3.8) is 0 Å². The molecule has 0 aromatic carbocycles. The van der Waals surface area contributed by atoms with Crippen molar-refractivity contribution in [3.8, 4) is 11.5 Å². The summed E-state index contributed by atoms with van der Waals surface area (Å²) in [6.07, 6.45) is -0.337. The molecule has 0 fully saturated rings. The molecule has 0 unspecified atom stereocenters. The number of aromatic nitrogens is 2. The van der Waals surface area contributed by atoms with Crippen LogP contribution >= 0.6 is 15.9 Å². The number of carbonyl (C=O) groups is 2. The minimum absolute atomic E-state index is 0.165. The first kappa shape index (κ1) is 12.9. The molecular formula is C12H10BrN3O4. The number of nitrogens with zero attached hydrogens (tertiary/aromatic N) is 3. The molecule has 0 radical (unpaired) electrons. The monoisotopic (exact) mass is 339 g/mol. The van der Waals surface area contributed by atoms with Crippen LogP contribution in [-0.4, -0.2) is 38.5 Å².